The molecule has 0 radical (unpaired) electrons. The van der Waals surface area contributed by atoms with Gasteiger partial charge in [-0.2, -0.15) is 5.26 Å². The van der Waals surface area contributed by atoms with Gasteiger partial charge >= 0.3 is 0 Å². The van der Waals surface area contributed by atoms with Gasteiger partial charge in [0.15, 0.2) is 6.04 Å². The Hall–Kier alpha value is -2.15. The van der Waals surface area contributed by atoms with Crippen LogP contribution in [0.15, 0.2) is 30.3 Å². The summed E-state index contributed by atoms with van der Waals surface area (Å²) >= 11 is 0. The van der Waals surface area contributed by atoms with E-state index < -0.39 is 6.04 Å². The molecule has 3 atom stereocenters. The molecular formula is C13H10N2O2. The van der Waals surface area contributed by atoms with E-state index in [1.54, 1.807) is 24.3 Å². The van der Waals surface area contributed by atoms with Gasteiger partial charge in [-0.05, 0) is 12.0 Å². The van der Waals surface area contributed by atoms with Crippen LogP contribution in [0.2, 0.25) is 0 Å². The second-order valence-electron chi connectivity index (χ2n) is 4.44. The van der Waals surface area contributed by atoms with E-state index in [9.17, 15) is 14.9 Å². The maximum absolute atomic E-state index is 11.9. The third-order valence-corrected chi connectivity index (χ3v) is 3.40. The summed E-state index contributed by atoms with van der Waals surface area (Å²) < 4.78 is 0. The van der Waals surface area contributed by atoms with Gasteiger partial charge in [-0.3, -0.25) is 14.5 Å². The summed E-state index contributed by atoms with van der Waals surface area (Å²) in [5, 5.41) is 9.18. The first-order chi connectivity index (χ1) is 8.24. The first-order valence-corrected chi connectivity index (χ1v) is 5.55. The van der Waals surface area contributed by atoms with E-state index in [4.69, 9.17) is 0 Å². The summed E-state index contributed by atoms with van der Waals surface area (Å²) in [6.07, 6.45) is 0.668. The van der Waals surface area contributed by atoms with Crippen molar-refractivity contribution < 1.29 is 9.59 Å². The minimum Gasteiger partial charge on any atom is -0.274 e. The van der Waals surface area contributed by atoms with E-state index in [2.05, 4.69) is 0 Å². The molecule has 2 aliphatic rings. The van der Waals surface area contributed by atoms with Gasteiger partial charge in [0.1, 0.15) is 0 Å². The van der Waals surface area contributed by atoms with Crippen molar-refractivity contribution in [1.82, 2.24) is 4.90 Å². The molecule has 1 aliphatic heterocycles. The standard InChI is InChI=1S/C13H10N2O2/c14-7-11(8-4-2-1-3-5-8)15-12(16)9-6-10(9)13(15)17/h1-5,9-11H,6H2. The number of carbonyl (C=O) groups is 2. The first kappa shape index (κ1) is 10.0. The molecule has 2 amide bonds. The number of fused-ring (bicyclic) bond motifs is 1. The summed E-state index contributed by atoms with van der Waals surface area (Å²) in [5.74, 6) is -0.671. The second kappa shape index (κ2) is 3.42. The van der Waals surface area contributed by atoms with Crippen LogP contribution in [0.5, 0.6) is 0 Å². The Morgan fingerprint density at radius 3 is 2.29 bits per heavy atom. The molecule has 3 unspecified atom stereocenters. The first-order valence-electron chi connectivity index (χ1n) is 5.55. The number of benzene rings is 1. The average Bonchev–Trinajstić information content (AvgIpc) is 3.11. The predicted molar refractivity (Wildman–Crippen MR) is 58.2 cm³/mol. The number of nitrogens with zero attached hydrogens (tertiary/aromatic N) is 2. The number of piperidine rings is 1. The normalized spacial score (nSPS) is 27.6. The van der Waals surface area contributed by atoms with Crippen molar-refractivity contribution in [2.75, 3.05) is 0 Å². The van der Waals surface area contributed by atoms with Gasteiger partial charge < -0.3 is 0 Å². The summed E-state index contributed by atoms with van der Waals surface area (Å²) in [5.41, 5.74) is 0.693. The molecule has 4 nitrogen and oxygen atoms in total. The Bertz CT molecular complexity index is 512. The van der Waals surface area contributed by atoms with Crippen molar-refractivity contribution in [3.63, 3.8) is 0 Å². The van der Waals surface area contributed by atoms with Crippen LogP contribution in [0.4, 0.5) is 0 Å². The molecule has 0 spiro atoms. The van der Waals surface area contributed by atoms with Crippen molar-refractivity contribution in [1.29, 1.82) is 5.26 Å². The average molecular weight is 226 g/mol. The largest absolute Gasteiger partial charge is 0.274 e. The van der Waals surface area contributed by atoms with Crippen LogP contribution in [0.25, 0.3) is 0 Å². The Morgan fingerprint density at radius 1 is 1.18 bits per heavy atom. The maximum atomic E-state index is 11.9. The molecule has 1 aliphatic carbocycles. The zero-order valence-corrected chi connectivity index (χ0v) is 9.04. The Morgan fingerprint density at radius 2 is 1.76 bits per heavy atom. The number of hydrogen-bond donors (Lipinski definition) is 0. The molecule has 84 valence electrons. The van der Waals surface area contributed by atoms with E-state index in [0.29, 0.717) is 12.0 Å². The molecule has 17 heavy (non-hydrogen) atoms. The zero-order chi connectivity index (χ0) is 12.0. The Labute approximate surface area is 98.4 Å². The van der Waals surface area contributed by atoms with Crippen LogP contribution in [-0.2, 0) is 9.59 Å². The van der Waals surface area contributed by atoms with Crippen LogP contribution in [0, 0.1) is 23.2 Å². The van der Waals surface area contributed by atoms with Crippen molar-refractivity contribution in [2.24, 2.45) is 11.8 Å². The molecule has 0 bridgehead atoms. The fourth-order valence-corrected chi connectivity index (χ4v) is 2.38. The number of imide groups is 1. The van der Waals surface area contributed by atoms with Crippen LogP contribution < -0.4 is 0 Å². The topological polar surface area (TPSA) is 61.2 Å². The number of hydrogen-bond acceptors (Lipinski definition) is 3. The molecular weight excluding hydrogens is 216 g/mol. The minimum atomic E-state index is -0.774. The lowest BCUT2D eigenvalue weighted by Crippen LogP contribution is -2.36. The number of amides is 2. The number of likely N-dealkylation sites (tertiary alicyclic amines) is 1. The van der Waals surface area contributed by atoms with Gasteiger partial charge in [0, 0.05) is 0 Å². The Kier molecular flexibility index (Phi) is 2.02. The molecule has 2 fully saturated rings. The number of nitriles is 1. The van der Waals surface area contributed by atoms with E-state index in [-0.39, 0.29) is 23.7 Å². The van der Waals surface area contributed by atoms with Crippen molar-refractivity contribution in [2.45, 2.75) is 12.5 Å². The highest BCUT2D eigenvalue weighted by atomic mass is 16.2. The summed E-state index contributed by atoms with van der Waals surface area (Å²) in [6, 6.07) is 10.2. The summed E-state index contributed by atoms with van der Waals surface area (Å²) in [6.45, 7) is 0. The molecule has 0 aromatic heterocycles. The van der Waals surface area contributed by atoms with Crippen molar-refractivity contribution >= 4 is 11.8 Å². The fraction of sp³-hybridized carbons (Fsp3) is 0.308. The zero-order valence-electron chi connectivity index (χ0n) is 9.04. The third kappa shape index (κ3) is 1.36. The quantitative estimate of drug-likeness (QED) is 0.713. The molecule has 3 rings (SSSR count). The summed E-state index contributed by atoms with van der Waals surface area (Å²) in [4.78, 5) is 24.9. The molecule has 1 aromatic carbocycles. The van der Waals surface area contributed by atoms with E-state index in [0.717, 1.165) is 4.90 Å². The molecule has 1 saturated carbocycles. The van der Waals surface area contributed by atoms with Crippen LogP contribution in [0.3, 0.4) is 0 Å². The highest BCUT2D eigenvalue weighted by Gasteiger charge is 2.60. The fourth-order valence-electron chi connectivity index (χ4n) is 2.38. The lowest BCUT2D eigenvalue weighted by molar-refractivity contribution is -0.143. The number of rotatable bonds is 2. The molecule has 1 saturated heterocycles. The lowest BCUT2D eigenvalue weighted by Gasteiger charge is -2.22. The van der Waals surface area contributed by atoms with E-state index >= 15 is 0 Å². The lowest BCUT2D eigenvalue weighted by atomic mass is 10.1. The SMILES string of the molecule is N#CC(c1ccccc1)N1C(=O)C2CC2C1=O. The second-order valence-corrected chi connectivity index (χ2v) is 4.44. The minimum absolute atomic E-state index is 0.151. The van der Waals surface area contributed by atoms with E-state index in [1.807, 2.05) is 12.1 Å². The van der Waals surface area contributed by atoms with Crippen molar-refractivity contribution in [3.8, 4) is 6.07 Å². The van der Waals surface area contributed by atoms with Crippen LogP contribution in [0.1, 0.15) is 18.0 Å². The Balaban J connectivity index is 1.95. The molecule has 4 heteroatoms. The van der Waals surface area contributed by atoms with Crippen LogP contribution in [-0.4, -0.2) is 16.7 Å². The van der Waals surface area contributed by atoms with Crippen LogP contribution >= 0.6 is 0 Å². The number of carbonyl (C=O) groups excluding carboxylic acids is 2. The van der Waals surface area contributed by atoms with Gasteiger partial charge in [-0.1, -0.05) is 30.3 Å². The smallest absolute Gasteiger partial charge is 0.234 e. The van der Waals surface area contributed by atoms with Gasteiger partial charge in [0.25, 0.3) is 0 Å². The van der Waals surface area contributed by atoms with E-state index in [1.165, 1.54) is 0 Å². The highest BCUT2D eigenvalue weighted by molar-refractivity contribution is 6.09. The molecule has 1 aromatic rings. The summed E-state index contributed by atoms with van der Waals surface area (Å²) in [7, 11) is 0. The molecule has 1 heterocycles. The van der Waals surface area contributed by atoms with Crippen molar-refractivity contribution in [3.05, 3.63) is 35.9 Å². The van der Waals surface area contributed by atoms with Gasteiger partial charge in [0.05, 0.1) is 17.9 Å². The third-order valence-electron chi connectivity index (χ3n) is 3.40. The monoisotopic (exact) mass is 226 g/mol. The van der Waals surface area contributed by atoms with Gasteiger partial charge in [-0.25, -0.2) is 0 Å². The maximum Gasteiger partial charge on any atom is 0.234 e. The van der Waals surface area contributed by atoms with Gasteiger partial charge in [0.2, 0.25) is 11.8 Å². The van der Waals surface area contributed by atoms with Gasteiger partial charge in [-0.15, -0.1) is 0 Å². The molecule has 0 N–H and O–H groups in total. The predicted octanol–water partition coefficient (Wildman–Crippen LogP) is 1.26. The highest BCUT2D eigenvalue weighted by Crippen LogP contribution is 2.49.